The summed E-state index contributed by atoms with van der Waals surface area (Å²) in [5, 5.41) is 7.04. The third-order valence-corrected chi connectivity index (χ3v) is 8.45. The third-order valence-electron chi connectivity index (χ3n) is 8.45. The lowest BCUT2D eigenvalue weighted by atomic mass is 9.66. The Morgan fingerprint density at radius 3 is 1.14 bits per heavy atom. The maximum Gasteiger partial charge on any atom is 0.0714 e. The lowest BCUT2D eigenvalue weighted by Crippen LogP contribution is -2.30. The Labute approximate surface area is 223 Å². The number of hydrogen-bond donors (Lipinski definition) is 2. The highest BCUT2D eigenvalue weighted by molar-refractivity contribution is 5.87. The first-order chi connectivity index (χ1) is 18.1. The molecule has 2 heteroatoms. The molecule has 0 bridgehead atoms. The van der Waals surface area contributed by atoms with Crippen molar-refractivity contribution in [2.24, 2.45) is 0 Å². The van der Waals surface area contributed by atoms with Gasteiger partial charge in [0.15, 0.2) is 0 Å². The molecule has 1 aliphatic rings. The van der Waals surface area contributed by atoms with Crippen molar-refractivity contribution in [2.75, 3.05) is 24.7 Å². The SMILES string of the molecule is CCc1cc(C2(c3cc(CC)c(NC)c(CC)c3)c3ccccc3-c3ccccc32)cc(CC)c1NC. The van der Waals surface area contributed by atoms with E-state index in [1.165, 1.54) is 67.0 Å². The van der Waals surface area contributed by atoms with Crippen molar-refractivity contribution in [3.8, 4) is 11.1 Å². The fraction of sp³-hybridized carbons (Fsp3) is 0.314. The summed E-state index contributed by atoms with van der Waals surface area (Å²) in [6.45, 7) is 9.09. The monoisotopic (exact) mass is 488 g/mol. The van der Waals surface area contributed by atoms with Gasteiger partial charge in [0.05, 0.1) is 5.41 Å². The summed E-state index contributed by atoms with van der Waals surface area (Å²) < 4.78 is 0. The van der Waals surface area contributed by atoms with Crippen LogP contribution in [0, 0.1) is 0 Å². The van der Waals surface area contributed by atoms with Crippen molar-refractivity contribution >= 4 is 11.4 Å². The maximum absolute atomic E-state index is 3.52. The Balaban J connectivity index is 1.98. The summed E-state index contributed by atoms with van der Waals surface area (Å²) in [6, 6.07) is 28.1. The molecule has 1 aliphatic carbocycles. The molecular formula is C35H40N2. The van der Waals surface area contributed by atoms with Crippen molar-refractivity contribution in [3.05, 3.63) is 117 Å². The van der Waals surface area contributed by atoms with Crippen molar-refractivity contribution in [1.82, 2.24) is 0 Å². The zero-order valence-corrected chi connectivity index (χ0v) is 23.3. The molecule has 37 heavy (non-hydrogen) atoms. The lowest BCUT2D eigenvalue weighted by Gasteiger charge is -2.36. The van der Waals surface area contributed by atoms with Gasteiger partial charge in [-0.2, -0.15) is 0 Å². The number of rotatable bonds is 8. The predicted molar refractivity (Wildman–Crippen MR) is 160 cm³/mol. The number of fused-ring (bicyclic) bond motifs is 3. The summed E-state index contributed by atoms with van der Waals surface area (Å²) in [6.07, 6.45) is 3.98. The van der Waals surface area contributed by atoms with Gasteiger partial charge in [0, 0.05) is 25.5 Å². The smallest absolute Gasteiger partial charge is 0.0714 e. The van der Waals surface area contributed by atoms with Crippen LogP contribution in [0.15, 0.2) is 72.8 Å². The van der Waals surface area contributed by atoms with E-state index >= 15 is 0 Å². The van der Waals surface area contributed by atoms with E-state index in [0.717, 1.165) is 25.7 Å². The molecule has 4 aromatic carbocycles. The first kappa shape index (κ1) is 25.1. The van der Waals surface area contributed by atoms with E-state index in [4.69, 9.17) is 0 Å². The van der Waals surface area contributed by atoms with Crippen LogP contribution in [0.4, 0.5) is 11.4 Å². The molecule has 0 radical (unpaired) electrons. The highest BCUT2D eigenvalue weighted by Crippen LogP contribution is 2.57. The quantitative estimate of drug-likeness (QED) is 0.229. The Morgan fingerprint density at radius 1 is 0.514 bits per heavy atom. The Kier molecular flexibility index (Phi) is 6.86. The summed E-state index contributed by atoms with van der Waals surface area (Å²) >= 11 is 0. The number of anilines is 2. The molecule has 0 saturated carbocycles. The standard InChI is InChI=1S/C35H40N2/c1-7-23-19-27(20-24(8-2)33(23)36-5)35(28-21-25(9-3)34(37-6)26(10-4)22-28)31-17-13-11-15-29(31)30-16-12-14-18-32(30)35/h11-22,36-37H,7-10H2,1-6H3. The second-order valence-electron chi connectivity index (χ2n) is 10.1. The van der Waals surface area contributed by atoms with Crippen LogP contribution in [0.25, 0.3) is 11.1 Å². The lowest BCUT2D eigenvalue weighted by molar-refractivity contribution is 0.759. The normalized spacial score (nSPS) is 13.2. The van der Waals surface area contributed by atoms with Crippen LogP contribution in [-0.2, 0) is 31.1 Å². The van der Waals surface area contributed by atoms with Crippen LogP contribution in [0.5, 0.6) is 0 Å². The second-order valence-corrected chi connectivity index (χ2v) is 10.1. The van der Waals surface area contributed by atoms with Gasteiger partial charge in [0.25, 0.3) is 0 Å². The summed E-state index contributed by atoms with van der Waals surface area (Å²) in [4.78, 5) is 0. The largest absolute Gasteiger partial charge is 0.388 e. The molecule has 190 valence electrons. The minimum absolute atomic E-state index is 0.368. The number of nitrogens with one attached hydrogen (secondary N) is 2. The van der Waals surface area contributed by atoms with Gasteiger partial charge in [0.2, 0.25) is 0 Å². The molecule has 0 heterocycles. The second kappa shape index (κ2) is 10.1. The van der Waals surface area contributed by atoms with E-state index in [2.05, 4.69) is 125 Å². The average molecular weight is 489 g/mol. The van der Waals surface area contributed by atoms with E-state index in [1.54, 1.807) is 0 Å². The van der Waals surface area contributed by atoms with Crippen LogP contribution >= 0.6 is 0 Å². The van der Waals surface area contributed by atoms with Gasteiger partial charge in [-0.05, 0) is 81.3 Å². The highest BCUT2D eigenvalue weighted by atomic mass is 14.8. The van der Waals surface area contributed by atoms with E-state index in [1.807, 2.05) is 0 Å². The molecular weight excluding hydrogens is 448 g/mol. The van der Waals surface area contributed by atoms with Crippen LogP contribution in [-0.4, -0.2) is 14.1 Å². The van der Waals surface area contributed by atoms with Gasteiger partial charge in [-0.3, -0.25) is 0 Å². The van der Waals surface area contributed by atoms with E-state index in [9.17, 15) is 0 Å². The van der Waals surface area contributed by atoms with E-state index < -0.39 is 0 Å². The molecule has 2 nitrogen and oxygen atoms in total. The van der Waals surface area contributed by atoms with Crippen LogP contribution < -0.4 is 10.6 Å². The van der Waals surface area contributed by atoms with Gasteiger partial charge < -0.3 is 10.6 Å². The van der Waals surface area contributed by atoms with Crippen LogP contribution in [0.3, 0.4) is 0 Å². The predicted octanol–water partition coefficient (Wildman–Crippen LogP) is 8.38. The summed E-state index contributed by atoms with van der Waals surface area (Å²) in [5.41, 5.74) is 16.0. The van der Waals surface area contributed by atoms with Gasteiger partial charge in [-0.15, -0.1) is 0 Å². The molecule has 0 spiro atoms. The van der Waals surface area contributed by atoms with Crippen molar-refractivity contribution < 1.29 is 0 Å². The van der Waals surface area contributed by atoms with E-state index in [0.29, 0.717) is 0 Å². The fourth-order valence-corrected chi connectivity index (χ4v) is 6.75. The Bertz CT molecular complexity index is 1280. The number of hydrogen-bond acceptors (Lipinski definition) is 2. The molecule has 5 rings (SSSR count). The Morgan fingerprint density at radius 2 is 0.838 bits per heavy atom. The average Bonchev–Trinajstić information content (AvgIpc) is 3.26. The van der Waals surface area contributed by atoms with Gasteiger partial charge in [-0.1, -0.05) is 100 Å². The molecule has 4 aromatic rings. The molecule has 0 amide bonds. The third kappa shape index (κ3) is 3.69. The highest BCUT2D eigenvalue weighted by Gasteiger charge is 2.46. The van der Waals surface area contributed by atoms with Crippen molar-refractivity contribution in [2.45, 2.75) is 58.8 Å². The topological polar surface area (TPSA) is 24.1 Å². The maximum atomic E-state index is 3.52. The number of aryl methyl sites for hydroxylation is 4. The van der Waals surface area contributed by atoms with Crippen molar-refractivity contribution in [3.63, 3.8) is 0 Å². The molecule has 0 aliphatic heterocycles. The first-order valence-corrected chi connectivity index (χ1v) is 14.0. The zero-order chi connectivity index (χ0) is 26.2. The summed E-state index contributed by atoms with van der Waals surface area (Å²) in [7, 11) is 4.11. The number of benzene rings is 4. The summed E-state index contributed by atoms with van der Waals surface area (Å²) in [5.74, 6) is 0. The molecule has 0 atom stereocenters. The molecule has 0 fully saturated rings. The van der Waals surface area contributed by atoms with Gasteiger partial charge in [-0.25, -0.2) is 0 Å². The molecule has 2 N–H and O–H groups in total. The molecule has 0 saturated heterocycles. The minimum atomic E-state index is -0.368. The Hall–Kier alpha value is -3.52. The van der Waals surface area contributed by atoms with Gasteiger partial charge in [0.1, 0.15) is 0 Å². The fourth-order valence-electron chi connectivity index (χ4n) is 6.75. The van der Waals surface area contributed by atoms with E-state index in [-0.39, 0.29) is 5.41 Å². The van der Waals surface area contributed by atoms with Crippen LogP contribution in [0.2, 0.25) is 0 Å². The first-order valence-electron chi connectivity index (χ1n) is 14.0. The zero-order valence-electron chi connectivity index (χ0n) is 23.3. The molecule has 0 unspecified atom stereocenters. The minimum Gasteiger partial charge on any atom is -0.388 e. The van der Waals surface area contributed by atoms with Crippen molar-refractivity contribution in [1.29, 1.82) is 0 Å². The van der Waals surface area contributed by atoms with Crippen LogP contribution in [0.1, 0.15) is 72.2 Å². The van der Waals surface area contributed by atoms with Gasteiger partial charge >= 0.3 is 0 Å². The molecule has 0 aromatic heterocycles.